The quantitative estimate of drug-likeness (QED) is 0.198. The van der Waals surface area contributed by atoms with Gasteiger partial charge in [0.2, 0.25) is 0 Å². The Hall–Kier alpha value is -6.82. The van der Waals surface area contributed by atoms with Crippen molar-refractivity contribution in [3.8, 4) is 33.4 Å². The molecule has 8 aromatic carbocycles. The maximum Gasteiger partial charge on any atom is 0.170 e. The molecule has 0 spiro atoms. The summed E-state index contributed by atoms with van der Waals surface area (Å²) in [5.74, 6) is 1.56. The average Bonchev–Trinajstić information content (AvgIpc) is 3.91. The minimum atomic E-state index is -0.470. The van der Waals surface area contributed by atoms with Gasteiger partial charge in [-0.2, -0.15) is 0 Å². The van der Waals surface area contributed by atoms with Gasteiger partial charge < -0.3 is 9.73 Å². The second-order valence-corrected chi connectivity index (χ2v) is 15.2. The lowest BCUT2D eigenvalue weighted by atomic mass is 9.95. The van der Waals surface area contributed by atoms with E-state index in [4.69, 9.17) is 14.4 Å². The first-order valence-corrected chi connectivity index (χ1v) is 19.1. The summed E-state index contributed by atoms with van der Waals surface area (Å²) in [6, 6.07) is 58.3. The molecule has 54 heavy (non-hydrogen) atoms. The van der Waals surface area contributed by atoms with Crippen molar-refractivity contribution in [1.82, 2.24) is 5.32 Å². The number of para-hydroxylation sites is 1. The van der Waals surface area contributed by atoms with Crippen LogP contribution < -0.4 is 5.32 Å². The number of furan rings is 1. The summed E-state index contributed by atoms with van der Waals surface area (Å²) in [6.45, 7) is 0. The number of hydrogen-bond donors (Lipinski definition) is 1. The highest BCUT2D eigenvalue weighted by atomic mass is 32.1. The highest BCUT2D eigenvalue weighted by molar-refractivity contribution is 7.26. The van der Waals surface area contributed by atoms with Crippen molar-refractivity contribution in [3.05, 3.63) is 180 Å². The first-order valence-electron chi connectivity index (χ1n) is 18.3. The van der Waals surface area contributed by atoms with Crippen LogP contribution in [0, 0.1) is 0 Å². The van der Waals surface area contributed by atoms with Gasteiger partial charge in [0, 0.05) is 47.6 Å². The minimum Gasteiger partial charge on any atom is -0.456 e. The highest BCUT2D eigenvalue weighted by Crippen LogP contribution is 2.52. The second-order valence-electron chi connectivity index (χ2n) is 14.1. The molecule has 0 fully saturated rings. The van der Waals surface area contributed by atoms with E-state index in [0.29, 0.717) is 0 Å². The van der Waals surface area contributed by atoms with Crippen molar-refractivity contribution in [1.29, 1.82) is 0 Å². The third kappa shape index (κ3) is 4.30. The number of fused-ring (bicyclic) bond motifs is 10. The Morgan fingerprint density at radius 2 is 1.11 bits per heavy atom. The molecule has 1 unspecified atom stereocenters. The van der Waals surface area contributed by atoms with E-state index in [-0.39, 0.29) is 0 Å². The molecule has 1 aliphatic heterocycles. The fraction of sp³-hybridized carbons (Fsp3) is 0.0204. The maximum atomic E-state index is 6.28. The average molecular weight is 708 g/mol. The van der Waals surface area contributed by atoms with Gasteiger partial charge in [-0.3, -0.25) is 0 Å². The summed E-state index contributed by atoms with van der Waals surface area (Å²) < 4.78 is 8.88. The Morgan fingerprint density at radius 3 is 2.02 bits per heavy atom. The lowest BCUT2D eigenvalue weighted by molar-refractivity contribution is 0.669. The zero-order valence-corrected chi connectivity index (χ0v) is 29.7. The molecule has 10 aromatic rings. The highest BCUT2D eigenvalue weighted by Gasteiger charge is 2.26. The van der Waals surface area contributed by atoms with Gasteiger partial charge in [-0.25, -0.2) is 9.98 Å². The Kier molecular flexibility index (Phi) is 6.24. The summed E-state index contributed by atoms with van der Waals surface area (Å²) in [6.07, 6.45) is -0.470. The van der Waals surface area contributed by atoms with Gasteiger partial charge >= 0.3 is 0 Å². The fourth-order valence-electron chi connectivity index (χ4n) is 8.73. The van der Waals surface area contributed by atoms with Crippen molar-refractivity contribution in [2.45, 2.75) is 6.17 Å². The summed E-state index contributed by atoms with van der Waals surface area (Å²) in [5.41, 5.74) is 12.3. The lowest BCUT2D eigenvalue weighted by Crippen LogP contribution is -2.36. The lowest BCUT2D eigenvalue weighted by Gasteiger charge is -2.24. The fourth-order valence-corrected chi connectivity index (χ4v) is 9.93. The van der Waals surface area contributed by atoms with E-state index in [0.717, 1.165) is 61.4 Å². The number of nitrogens with zero attached hydrogens (tertiary/aromatic N) is 2. The van der Waals surface area contributed by atoms with E-state index in [2.05, 4.69) is 127 Å². The van der Waals surface area contributed by atoms with Crippen LogP contribution in [0.5, 0.6) is 0 Å². The van der Waals surface area contributed by atoms with Crippen LogP contribution in [0.2, 0.25) is 0 Å². The first-order chi connectivity index (χ1) is 26.8. The monoisotopic (exact) mass is 707 g/mol. The standard InChI is InChI=1S/C49H29N3OS/c1-2-12-28(13-3-1)47-50-48(52-49(51-47)38-21-11-23-41-45(38)35-18-8-9-22-40(35)53-41)34-17-7-4-14-30(34)29-24-25-36-42(26-29)54-43-27-39-32-16-6-5-15-31(32)33-19-10-20-37(44(33)39)46(36)43/h1-27,48H,(H,50,51,52). The minimum absolute atomic E-state index is 0.470. The van der Waals surface area contributed by atoms with Crippen LogP contribution >= 0.6 is 11.3 Å². The van der Waals surface area contributed by atoms with E-state index in [1.807, 2.05) is 53.8 Å². The predicted octanol–water partition coefficient (Wildman–Crippen LogP) is 12.9. The molecule has 12 rings (SSSR count). The predicted molar refractivity (Wildman–Crippen MR) is 226 cm³/mol. The molecular formula is C49H29N3OS. The van der Waals surface area contributed by atoms with Gasteiger partial charge in [0.25, 0.3) is 0 Å². The maximum absolute atomic E-state index is 6.28. The van der Waals surface area contributed by atoms with Crippen molar-refractivity contribution in [3.63, 3.8) is 0 Å². The van der Waals surface area contributed by atoms with Gasteiger partial charge in [-0.1, -0.05) is 140 Å². The number of amidine groups is 2. The van der Waals surface area contributed by atoms with E-state index in [1.165, 1.54) is 53.2 Å². The number of hydrogen-bond acceptors (Lipinski definition) is 5. The molecular weight excluding hydrogens is 679 g/mol. The molecule has 1 aliphatic carbocycles. The molecule has 0 saturated carbocycles. The van der Waals surface area contributed by atoms with Gasteiger partial charge in [-0.05, 0) is 68.4 Å². The zero-order valence-electron chi connectivity index (χ0n) is 28.9. The van der Waals surface area contributed by atoms with Gasteiger partial charge in [-0.15, -0.1) is 11.3 Å². The van der Waals surface area contributed by atoms with Crippen LogP contribution in [0.15, 0.2) is 178 Å². The number of aliphatic imine (C=N–C) groups is 2. The molecule has 5 heteroatoms. The summed E-state index contributed by atoms with van der Waals surface area (Å²) in [4.78, 5) is 10.7. The molecule has 1 atom stereocenters. The van der Waals surface area contributed by atoms with Crippen molar-refractivity contribution >= 4 is 75.9 Å². The van der Waals surface area contributed by atoms with Gasteiger partial charge in [0.1, 0.15) is 22.8 Å². The van der Waals surface area contributed by atoms with Crippen LogP contribution in [0.3, 0.4) is 0 Å². The molecule has 3 heterocycles. The van der Waals surface area contributed by atoms with E-state index >= 15 is 0 Å². The summed E-state index contributed by atoms with van der Waals surface area (Å²) >= 11 is 1.88. The van der Waals surface area contributed by atoms with E-state index in [1.54, 1.807) is 0 Å². The SMILES string of the molecule is c1ccc(C2=NC(c3ccccc3-c3ccc4c(c3)sc3cc5c6c(cccc6c34)-c3ccccc3-5)N=C(c3cccc4oc5ccccc5c34)N2)cc1. The molecule has 252 valence electrons. The molecule has 1 N–H and O–H groups in total. The summed E-state index contributed by atoms with van der Waals surface area (Å²) in [7, 11) is 0. The number of thiophene rings is 1. The summed E-state index contributed by atoms with van der Waals surface area (Å²) in [5, 5.41) is 11.1. The smallest absolute Gasteiger partial charge is 0.170 e. The van der Waals surface area contributed by atoms with Gasteiger partial charge in [0.15, 0.2) is 6.17 Å². The zero-order chi connectivity index (χ0) is 35.3. The number of rotatable bonds is 4. The van der Waals surface area contributed by atoms with Crippen LogP contribution in [0.25, 0.3) is 86.3 Å². The molecule has 0 radical (unpaired) electrons. The molecule has 2 aliphatic rings. The number of nitrogens with one attached hydrogen (secondary N) is 1. The third-order valence-electron chi connectivity index (χ3n) is 11.1. The van der Waals surface area contributed by atoms with Crippen molar-refractivity contribution in [2.75, 3.05) is 0 Å². The Morgan fingerprint density at radius 1 is 0.426 bits per heavy atom. The second kappa shape index (κ2) is 11.3. The molecule has 4 nitrogen and oxygen atoms in total. The normalized spacial score (nSPS) is 14.9. The topological polar surface area (TPSA) is 49.9 Å². The van der Waals surface area contributed by atoms with Crippen LogP contribution in [-0.2, 0) is 0 Å². The van der Waals surface area contributed by atoms with E-state index < -0.39 is 6.17 Å². The number of benzene rings is 8. The van der Waals surface area contributed by atoms with Crippen LogP contribution in [0.4, 0.5) is 0 Å². The van der Waals surface area contributed by atoms with Crippen LogP contribution in [-0.4, -0.2) is 11.7 Å². The molecule has 0 amide bonds. The van der Waals surface area contributed by atoms with Gasteiger partial charge in [0.05, 0.1) is 0 Å². The van der Waals surface area contributed by atoms with Crippen LogP contribution in [0.1, 0.15) is 22.9 Å². The van der Waals surface area contributed by atoms with Crippen molar-refractivity contribution in [2.24, 2.45) is 9.98 Å². The largest absolute Gasteiger partial charge is 0.456 e. The Bertz CT molecular complexity index is 3260. The first kappa shape index (κ1) is 29.7. The third-order valence-corrected chi connectivity index (χ3v) is 12.2. The molecule has 0 bridgehead atoms. The van der Waals surface area contributed by atoms with Crippen molar-refractivity contribution < 1.29 is 4.42 Å². The Balaban J connectivity index is 1.03. The molecule has 0 saturated heterocycles. The Labute approximate surface area is 314 Å². The molecule has 2 aromatic heterocycles. The van der Waals surface area contributed by atoms with E-state index in [9.17, 15) is 0 Å².